The minimum Gasteiger partial charge on any atom is -0.497 e. The number of ether oxygens (including phenoxy) is 7. The van der Waals surface area contributed by atoms with E-state index in [4.69, 9.17) is 47.2 Å². The van der Waals surface area contributed by atoms with Crippen molar-refractivity contribution in [3.05, 3.63) is 152 Å². The number of benzene rings is 4. The van der Waals surface area contributed by atoms with Gasteiger partial charge in [0.25, 0.3) is 14.1 Å². The SMILES string of the molecule is CCCCC(=O)OC1C(=O)OCc2c1cc1n(c2=O)Cc2c-1nc1ccc(OC(=O)NCCCOCC(COC(c3ccccc3)(c3ccc(OC)cc3)c3ccc(OC)cc3)OP(OCCC#N)N(C(C)C)C(C)C)cc1c2CC. The average Bonchev–Trinajstić information content (AvgIpc) is 3.95. The zero-order valence-electron chi connectivity index (χ0n) is 47.4. The van der Waals surface area contributed by atoms with Gasteiger partial charge in [-0.2, -0.15) is 5.26 Å². The van der Waals surface area contributed by atoms with Crippen LogP contribution in [0.3, 0.4) is 0 Å². The topological polar surface area (TPSA) is 208 Å². The van der Waals surface area contributed by atoms with Gasteiger partial charge in [0.05, 0.1) is 75.5 Å². The molecule has 0 fully saturated rings. The Labute approximate surface area is 474 Å². The van der Waals surface area contributed by atoms with Crippen LogP contribution in [0.5, 0.6) is 17.2 Å². The number of amides is 1. The van der Waals surface area contributed by atoms with Crippen LogP contribution >= 0.6 is 8.53 Å². The summed E-state index contributed by atoms with van der Waals surface area (Å²) in [7, 11) is 1.55. The van der Waals surface area contributed by atoms with Gasteiger partial charge in [-0.3, -0.25) is 9.59 Å². The maximum atomic E-state index is 14.0. The number of unbranched alkanes of at least 4 members (excludes halogenated alkanes) is 1. The van der Waals surface area contributed by atoms with Gasteiger partial charge < -0.3 is 52.1 Å². The number of hydrogen-bond donors (Lipinski definition) is 1. The van der Waals surface area contributed by atoms with Gasteiger partial charge in [0, 0.05) is 48.2 Å². The lowest BCUT2D eigenvalue weighted by Gasteiger charge is -2.39. The van der Waals surface area contributed by atoms with Crippen LogP contribution < -0.4 is 25.1 Å². The average molecular weight is 1130 g/mol. The standard InChI is InChI=1S/C62H72N5O13P/c1-9-11-19-56(68)79-58-51-35-55-57-52(36-66(55)59(69)53(51)39-75-60(58)70)49(10-2)50-34-47(28-29-54(50)65-57)78-61(71)64-31-16-32-74-37-48(80-81(77-33-15-30-63)67(40(3)4)41(5)6)38-76-62(42-17-13-12-14-18-42,43-20-24-45(72-7)25-21-43)44-22-26-46(73-8)27-23-44/h12-14,17-18,20-29,34-35,40-41,48,58H,9-11,15-16,19,31-33,36-39H2,1-8H3,(H,64,71). The fourth-order valence-electron chi connectivity index (χ4n) is 10.3. The van der Waals surface area contributed by atoms with Crippen LogP contribution in [0.15, 0.2) is 108 Å². The van der Waals surface area contributed by atoms with E-state index >= 15 is 0 Å². The minimum absolute atomic E-state index is 0.0423. The van der Waals surface area contributed by atoms with E-state index in [1.165, 1.54) is 0 Å². The second kappa shape index (κ2) is 28.0. The predicted molar refractivity (Wildman–Crippen MR) is 306 cm³/mol. The summed E-state index contributed by atoms with van der Waals surface area (Å²) in [5.74, 6) is 0.437. The Kier molecular flexibility index (Phi) is 20.7. The van der Waals surface area contributed by atoms with Gasteiger partial charge in [0.1, 0.15) is 35.6 Å². The van der Waals surface area contributed by atoms with E-state index in [-0.39, 0.29) is 82.2 Å². The van der Waals surface area contributed by atoms with E-state index in [1.807, 2.05) is 92.7 Å². The molecule has 3 unspecified atom stereocenters. The Hall–Kier alpha value is -7.23. The van der Waals surface area contributed by atoms with Crippen molar-refractivity contribution in [2.24, 2.45) is 0 Å². The van der Waals surface area contributed by atoms with Gasteiger partial charge in [-0.05, 0) is 118 Å². The van der Waals surface area contributed by atoms with Crippen molar-refractivity contribution in [1.82, 2.24) is 19.5 Å². The highest BCUT2D eigenvalue weighted by molar-refractivity contribution is 7.44. The summed E-state index contributed by atoms with van der Waals surface area (Å²) >= 11 is 0. The molecule has 0 bridgehead atoms. The Morgan fingerprint density at radius 3 is 2.15 bits per heavy atom. The molecule has 0 radical (unpaired) electrons. The van der Waals surface area contributed by atoms with Gasteiger partial charge in [0.15, 0.2) is 0 Å². The van der Waals surface area contributed by atoms with Gasteiger partial charge >= 0.3 is 18.0 Å². The fourth-order valence-corrected chi connectivity index (χ4v) is 12.0. The smallest absolute Gasteiger partial charge is 0.412 e. The number of nitrogens with one attached hydrogen (secondary N) is 1. The van der Waals surface area contributed by atoms with E-state index < -0.39 is 44.4 Å². The zero-order chi connectivity index (χ0) is 57.6. The number of methoxy groups -OCH3 is 2. The van der Waals surface area contributed by atoms with E-state index in [0.717, 1.165) is 39.6 Å². The lowest BCUT2D eigenvalue weighted by Crippen LogP contribution is -2.39. The summed E-state index contributed by atoms with van der Waals surface area (Å²) in [5.41, 5.74) is 5.16. The number of pyridine rings is 2. The fraction of sp³-hybridized carbons (Fsp3) is 0.419. The first-order chi connectivity index (χ1) is 39.2. The quantitative estimate of drug-likeness (QED) is 0.0209. The normalized spacial score (nSPS) is 14.4. The van der Waals surface area contributed by atoms with Crippen LogP contribution in [-0.4, -0.2) is 97.6 Å². The molecule has 0 saturated heterocycles. The first-order valence-electron chi connectivity index (χ1n) is 27.6. The summed E-state index contributed by atoms with van der Waals surface area (Å²) in [4.78, 5) is 57.9. The third-order valence-corrected chi connectivity index (χ3v) is 16.4. The number of esters is 2. The molecule has 428 valence electrons. The lowest BCUT2D eigenvalue weighted by molar-refractivity contribution is -0.171. The van der Waals surface area contributed by atoms with E-state index in [2.05, 4.69) is 43.8 Å². The maximum Gasteiger partial charge on any atom is 0.412 e. The number of aryl methyl sites for hydroxylation is 1. The van der Waals surface area contributed by atoms with Gasteiger partial charge in [-0.1, -0.05) is 74.9 Å². The number of nitrogens with zero attached hydrogens (tertiary/aromatic N) is 4. The molecule has 6 aromatic rings. The van der Waals surface area contributed by atoms with Gasteiger partial charge in [0.2, 0.25) is 6.10 Å². The van der Waals surface area contributed by atoms with Crippen molar-refractivity contribution in [2.45, 2.75) is 123 Å². The molecule has 0 aliphatic carbocycles. The number of carbonyl (C=O) groups excluding carboxylic acids is 3. The molecular formula is C62H72N5O13P. The summed E-state index contributed by atoms with van der Waals surface area (Å²) < 4.78 is 58.6. The maximum absolute atomic E-state index is 14.0. The van der Waals surface area contributed by atoms with E-state index in [0.29, 0.717) is 59.0 Å². The molecule has 3 atom stereocenters. The number of nitriles is 1. The largest absolute Gasteiger partial charge is 0.497 e. The zero-order valence-corrected chi connectivity index (χ0v) is 48.3. The molecule has 8 rings (SSSR count). The Bertz CT molecular complexity index is 3180. The molecule has 1 amide bonds. The lowest BCUT2D eigenvalue weighted by atomic mass is 9.80. The predicted octanol–water partition coefficient (Wildman–Crippen LogP) is 11.0. The summed E-state index contributed by atoms with van der Waals surface area (Å²) in [6.45, 7) is 13.1. The van der Waals surface area contributed by atoms with E-state index in [1.54, 1.807) is 43.1 Å². The van der Waals surface area contributed by atoms with Crippen LogP contribution in [0.4, 0.5) is 4.79 Å². The van der Waals surface area contributed by atoms with Gasteiger partial charge in [-0.25, -0.2) is 19.2 Å². The molecule has 2 aromatic heterocycles. The number of hydrogen-bond acceptors (Lipinski definition) is 16. The van der Waals surface area contributed by atoms with Crippen molar-refractivity contribution in [1.29, 1.82) is 5.26 Å². The number of carbonyl (C=O) groups is 3. The summed E-state index contributed by atoms with van der Waals surface area (Å²) in [6, 6.07) is 34.8. The second-order valence-electron chi connectivity index (χ2n) is 20.2. The summed E-state index contributed by atoms with van der Waals surface area (Å²) in [5, 5.41) is 13.1. The molecule has 0 saturated carbocycles. The van der Waals surface area contributed by atoms with Crippen molar-refractivity contribution < 1.29 is 56.6 Å². The Morgan fingerprint density at radius 2 is 1.52 bits per heavy atom. The van der Waals surface area contributed by atoms with Crippen LogP contribution in [0, 0.1) is 11.3 Å². The summed E-state index contributed by atoms with van der Waals surface area (Å²) in [6.07, 6.45) is 0.0627. The molecule has 2 aliphatic heterocycles. The van der Waals surface area contributed by atoms with Crippen molar-refractivity contribution in [2.75, 3.05) is 47.2 Å². The van der Waals surface area contributed by atoms with Crippen LogP contribution in [0.25, 0.3) is 22.3 Å². The van der Waals surface area contributed by atoms with Crippen LogP contribution in [0.2, 0.25) is 0 Å². The monoisotopic (exact) mass is 1130 g/mol. The number of fused-ring (bicyclic) bond motifs is 5. The first-order valence-corrected chi connectivity index (χ1v) is 28.7. The molecule has 4 aromatic carbocycles. The first kappa shape index (κ1) is 59.9. The van der Waals surface area contributed by atoms with Crippen molar-refractivity contribution >= 4 is 37.5 Å². The molecule has 2 aliphatic rings. The third-order valence-electron chi connectivity index (χ3n) is 14.2. The molecule has 0 spiro atoms. The highest BCUT2D eigenvalue weighted by atomic mass is 31.2. The number of rotatable bonds is 28. The number of aromatic nitrogens is 2. The number of cyclic esters (lactones) is 1. The van der Waals surface area contributed by atoms with Crippen molar-refractivity contribution in [3.63, 3.8) is 0 Å². The van der Waals surface area contributed by atoms with Gasteiger partial charge in [-0.15, -0.1) is 0 Å². The highest BCUT2D eigenvalue weighted by Crippen LogP contribution is 2.49. The van der Waals surface area contributed by atoms with Crippen molar-refractivity contribution in [3.8, 4) is 34.7 Å². The molecule has 1 N–H and O–H groups in total. The van der Waals surface area contributed by atoms with Crippen LogP contribution in [0.1, 0.15) is 119 Å². The molecule has 4 heterocycles. The third kappa shape index (κ3) is 13.8. The minimum atomic E-state index is -1.71. The molecular weight excluding hydrogens is 1050 g/mol. The van der Waals surface area contributed by atoms with Crippen LogP contribution in [-0.2, 0) is 62.8 Å². The highest BCUT2D eigenvalue weighted by Gasteiger charge is 2.41. The second-order valence-corrected chi connectivity index (χ2v) is 21.6. The Morgan fingerprint density at radius 1 is 0.852 bits per heavy atom. The molecule has 18 nitrogen and oxygen atoms in total. The molecule has 19 heteroatoms. The van der Waals surface area contributed by atoms with E-state index in [9.17, 15) is 24.4 Å². The molecule has 81 heavy (non-hydrogen) atoms. The Balaban J connectivity index is 0.966.